The maximum Gasteiger partial charge on any atom is 0.142 e. The van der Waals surface area contributed by atoms with Crippen molar-refractivity contribution in [2.45, 2.75) is 19.4 Å². The second-order valence-corrected chi connectivity index (χ2v) is 16.2. The van der Waals surface area contributed by atoms with Crippen molar-refractivity contribution in [3.63, 3.8) is 0 Å². The number of hydrogen-bond donors (Lipinski definition) is 0. The molecule has 2 nitrogen and oxygen atoms in total. The quantitative estimate of drug-likeness (QED) is 0.171. The van der Waals surface area contributed by atoms with Crippen LogP contribution in [0.15, 0.2) is 162 Å². The van der Waals surface area contributed by atoms with Crippen LogP contribution in [-0.2, 0) is 6.42 Å². The minimum Gasteiger partial charge on any atom is -0.460 e. The van der Waals surface area contributed by atoms with Gasteiger partial charge in [0.15, 0.2) is 0 Å². The van der Waals surface area contributed by atoms with Crippen molar-refractivity contribution < 1.29 is 4.42 Å². The lowest BCUT2D eigenvalue weighted by atomic mass is 9.98. The molecule has 0 spiro atoms. The van der Waals surface area contributed by atoms with E-state index >= 15 is 0 Å². The van der Waals surface area contributed by atoms with Gasteiger partial charge < -0.3 is 9.32 Å². The highest BCUT2D eigenvalue weighted by Gasteiger charge is 2.34. The zero-order chi connectivity index (χ0) is 33.2. The van der Waals surface area contributed by atoms with Crippen LogP contribution in [0.4, 0.5) is 17.1 Å². The lowest BCUT2D eigenvalue weighted by molar-refractivity contribution is 0.547. The molecule has 7 aromatic carbocycles. The predicted molar refractivity (Wildman–Crippen MR) is 214 cm³/mol. The van der Waals surface area contributed by atoms with E-state index in [1.807, 2.05) is 0 Å². The van der Waals surface area contributed by atoms with Gasteiger partial charge >= 0.3 is 0 Å². The van der Waals surface area contributed by atoms with Gasteiger partial charge in [0.25, 0.3) is 0 Å². The summed E-state index contributed by atoms with van der Waals surface area (Å²) in [6.07, 6.45) is 6.54. The van der Waals surface area contributed by atoms with Crippen molar-refractivity contribution in [2.24, 2.45) is 0 Å². The zero-order valence-electron chi connectivity index (χ0n) is 27.9. The van der Waals surface area contributed by atoms with Crippen molar-refractivity contribution in [2.75, 3.05) is 4.90 Å². The number of aryl methyl sites for hydroxylation is 1. The molecule has 0 bridgehead atoms. The standard InChI is InChI=1S/C47H35NOSi/c1-50-44-29-28-40-39-14-7-8-17-43(39)49-46(40)45(44)41-15-9-16-42(47(41)50)48(37-24-20-33(21-25-37)31-10-3-2-4-11-31)38-26-22-34(23-27-38)36-19-18-32-12-5-6-13-35(32)30-36/h2-7,9-16,18-30,50H,8,17H2,1H3. The molecule has 3 heteroatoms. The Morgan fingerprint density at radius 3 is 2.06 bits per heavy atom. The Bertz CT molecular complexity index is 2600. The first-order chi connectivity index (χ1) is 24.7. The van der Waals surface area contributed by atoms with Crippen LogP contribution in [0.25, 0.3) is 61.2 Å². The van der Waals surface area contributed by atoms with Gasteiger partial charge in [0.05, 0.1) is 0 Å². The Morgan fingerprint density at radius 2 is 1.28 bits per heavy atom. The fourth-order valence-electron chi connectivity index (χ4n) is 8.28. The SMILES string of the molecule is C[SiH]1c2ccc3c4c(oc3c2-c2cccc(N(c3ccc(-c5ccccc5)cc3)c3ccc(-c5ccc6ccccc6c5)cc3)c21)CCC=C4. The number of anilines is 3. The third-order valence-electron chi connectivity index (χ3n) is 10.8. The van der Waals surface area contributed by atoms with E-state index in [1.165, 1.54) is 71.2 Å². The monoisotopic (exact) mass is 657 g/mol. The molecule has 0 amide bonds. The molecule has 1 unspecified atom stereocenters. The van der Waals surface area contributed by atoms with Gasteiger partial charge in [-0.3, -0.25) is 0 Å². The van der Waals surface area contributed by atoms with Crippen LogP contribution in [0, 0.1) is 0 Å². The van der Waals surface area contributed by atoms with E-state index in [9.17, 15) is 0 Å². The molecule has 0 radical (unpaired) electrons. The van der Waals surface area contributed by atoms with Gasteiger partial charge in [0.2, 0.25) is 0 Å². The van der Waals surface area contributed by atoms with E-state index in [1.54, 1.807) is 0 Å². The number of rotatable bonds is 5. The second-order valence-electron chi connectivity index (χ2n) is 13.6. The Balaban J connectivity index is 1.12. The Hall–Kier alpha value is -5.90. The van der Waals surface area contributed by atoms with E-state index in [4.69, 9.17) is 4.42 Å². The highest BCUT2D eigenvalue weighted by molar-refractivity contribution is 6.90. The second kappa shape index (κ2) is 11.6. The lowest BCUT2D eigenvalue weighted by Gasteiger charge is -2.29. The fraction of sp³-hybridized carbons (Fsp3) is 0.0638. The Kier molecular flexibility index (Phi) is 6.75. The van der Waals surface area contributed by atoms with Crippen molar-refractivity contribution >= 4 is 64.1 Å². The maximum absolute atomic E-state index is 6.70. The van der Waals surface area contributed by atoms with Crippen LogP contribution in [0.1, 0.15) is 17.7 Å². The van der Waals surface area contributed by atoms with Gasteiger partial charge in [-0.25, -0.2) is 0 Å². The van der Waals surface area contributed by atoms with Gasteiger partial charge in [-0.1, -0.05) is 134 Å². The van der Waals surface area contributed by atoms with Crippen molar-refractivity contribution in [1.82, 2.24) is 0 Å². The van der Waals surface area contributed by atoms with Crippen molar-refractivity contribution in [3.8, 4) is 33.4 Å². The predicted octanol–water partition coefficient (Wildman–Crippen LogP) is 11.3. The fourth-order valence-corrected chi connectivity index (χ4v) is 11.1. The van der Waals surface area contributed by atoms with Crippen molar-refractivity contribution in [1.29, 1.82) is 0 Å². The average molecular weight is 658 g/mol. The lowest BCUT2D eigenvalue weighted by Crippen LogP contribution is -2.37. The van der Waals surface area contributed by atoms with E-state index in [0.717, 1.165) is 35.6 Å². The molecule has 0 saturated carbocycles. The van der Waals surface area contributed by atoms with Gasteiger partial charge in [-0.2, -0.15) is 0 Å². The molecule has 1 aromatic heterocycles. The number of nitrogens with zero attached hydrogens (tertiary/aromatic N) is 1. The molecule has 50 heavy (non-hydrogen) atoms. The summed E-state index contributed by atoms with van der Waals surface area (Å²) in [7, 11) is -1.57. The number of fused-ring (bicyclic) bond motifs is 8. The number of hydrogen-bond acceptors (Lipinski definition) is 2. The topological polar surface area (TPSA) is 16.4 Å². The molecule has 2 heterocycles. The van der Waals surface area contributed by atoms with E-state index in [0.29, 0.717) is 0 Å². The molecule has 10 rings (SSSR count). The van der Waals surface area contributed by atoms with Crippen molar-refractivity contribution in [3.05, 3.63) is 169 Å². The molecule has 1 atom stereocenters. The summed E-state index contributed by atoms with van der Waals surface area (Å²) in [4.78, 5) is 2.47. The summed E-state index contributed by atoms with van der Waals surface area (Å²) in [6.45, 7) is 2.49. The van der Waals surface area contributed by atoms with Gasteiger partial charge in [0, 0.05) is 40.0 Å². The summed E-state index contributed by atoms with van der Waals surface area (Å²) >= 11 is 0. The molecule has 238 valence electrons. The highest BCUT2D eigenvalue weighted by Crippen LogP contribution is 2.42. The molecule has 8 aromatic rings. The minimum absolute atomic E-state index is 0.969. The molecule has 0 fully saturated rings. The first kappa shape index (κ1) is 29.1. The van der Waals surface area contributed by atoms with Crippen LogP contribution < -0.4 is 15.3 Å². The Morgan fingerprint density at radius 1 is 0.600 bits per heavy atom. The maximum atomic E-state index is 6.70. The third-order valence-corrected chi connectivity index (χ3v) is 13.6. The van der Waals surface area contributed by atoms with Crippen LogP contribution in [-0.4, -0.2) is 8.80 Å². The molecule has 0 saturated heterocycles. The smallest absolute Gasteiger partial charge is 0.142 e. The van der Waals surface area contributed by atoms with E-state index < -0.39 is 8.80 Å². The highest BCUT2D eigenvalue weighted by atomic mass is 28.3. The van der Waals surface area contributed by atoms with Gasteiger partial charge in [-0.05, 0) is 91.8 Å². The van der Waals surface area contributed by atoms with Crippen LogP contribution in [0.3, 0.4) is 0 Å². The normalized spacial score (nSPS) is 14.5. The molecule has 1 aliphatic carbocycles. The zero-order valence-corrected chi connectivity index (χ0v) is 29.1. The molecular weight excluding hydrogens is 623 g/mol. The minimum atomic E-state index is -1.57. The molecule has 2 aliphatic rings. The summed E-state index contributed by atoms with van der Waals surface area (Å²) in [5.41, 5.74) is 13.4. The Labute approximate surface area is 294 Å². The number of benzene rings is 7. The largest absolute Gasteiger partial charge is 0.460 e. The number of furan rings is 1. The first-order valence-electron chi connectivity index (χ1n) is 17.6. The van der Waals surface area contributed by atoms with Crippen LogP contribution in [0.2, 0.25) is 6.55 Å². The molecule has 0 N–H and O–H groups in total. The number of allylic oxidation sites excluding steroid dienone is 1. The van der Waals surface area contributed by atoms with E-state index in [-0.39, 0.29) is 0 Å². The molecule has 1 aliphatic heterocycles. The molecular formula is C47H35NOSi. The summed E-state index contributed by atoms with van der Waals surface area (Å²) in [6, 6.07) is 55.7. The summed E-state index contributed by atoms with van der Waals surface area (Å²) in [5, 5.41) is 6.72. The van der Waals surface area contributed by atoms with E-state index in [2.05, 4.69) is 175 Å². The first-order valence-corrected chi connectivity index (χ1v) is 20.0. The van der Waals surface area contributed by atoms with Crippen LogP contribution in [0.5, 0.6) is 0 Å². The van der Waals surface area contributed by atoms with Gasteiger partial charge in [0.1, 0.15) is 20.1 Å². The van der Waals surface area contributed by atoms with Gasteiger partial charge in [-0.15, -0.1) is 0 Å². The summed E-state index contributed by atoms with van der Waals surface area (Å²) in [5.74, 6) is 1.13. The van der Waals surface area contributed by atoms with Crippen LogP contribution >= 0.6 is 0 Å². The average Bonchev–Trinajstić information content (AvgIpc) is 3.71. The third kappa shape index (κ3) is 4.62. The summed E-state index contributed by atoms with van der Waals surface area (Å²) < 4.78 is 6.70.